The van der Waals surface area contributed by atoms with Crippen LogP contribution in [0.4, 0.5) is 0 Å². The number of hydrogen-bond acceptors (Lipinski definition) is 2. The fourth-order valence-corrected chi connectivity index (χ4v) is 3.30. The fraction of sp³-hybridized carbons (Fsp3) is 0.533. The third-order valence-corrected chi connectivity index (χ3v) is 4.44. The smallest absolute Gasteiger partial charge is 0.122 e. The van der Waals surface area contributed by atoms with Crippen LogP contribution in [-0.4, -0.2) is 16.0 Å². The van der Waals surface area contributed by atoms with Crippen molar-refractivity contribution in [2.45, 2.75) is 45.6 Å². The van der Waals surface area contributed by atoms with Crippen LogP contribution in [0.3, 0.4) is 0 Å². The highest BCUT2D eigenvalue weighted by atomic mass is 79.9. The van der Waals surface area contributed by atoms with Gasteiger partial charge in [-0.05, 0) is 62.3 Å². The van der Waals surface area contributed by atoms with Gasteiger partial charge in [-0.3, -0.25) is 6.92 Å². The van der Waals surface area contributed by atoms with Crippen LogP contribution in [0, 0.1) is 27.7 Å². The standard InChI is InChI=1S/C15H20BrO2/c1-9-10(2)14-12(11(3)13(9)17)5-6-15(4,18-14)7-8-16/h17H,4-8H2,1-3H3/q-1. The van der Waals surface area contributed by atoms with Crippen molar-refractivity contribution in [3.05, 3.63) is 29.2 Å². The van der Waals surface area contributed by atoms with Gasteiger partial charge in [0.1, 0.15) is 11.5 Å². The Morgan fingerprint density at radius 3 is 2.56 bits per heavy atom. The summed E-state index contributed by atoms with van der Waals surface area (Å²) >= 11 is 3.46. The maximum absolute atomic E-state index is 10.1. The van der Waals surface area contributed by atoms with E-state index in [0.29, 0.717) is 5.75 Å². The molecule has 0 saturated heterocycles. The van der Waals surface area contributed by atoms with E-state index in [1.165, 1.54) is 0 Å². The molecule has 2 nitrogen and oxygen atoms in total. The molecule has 2 rings (SSSR count). The number of fused-ring (bicyclic) bond motifs is 1. The number of aromatic hydroxyl groups is 1. The van der Waals surface area contributed by atoms with Gasteiger partial charge in [0.25, 0.3) is 0 Å². The van der Waals surface area contributed by atoms with Crippen LogP contribution in [0.5, 0.6) is 11.5 Å². The van der Waals surface area contributed by atoms with Gasteiger partial charge in [-0.25, -0.2) is 0 Å². The zero-order chi connectivity index (χ0) is 13.5. The highest BCUT2D eigenvalue weighted by Gasteiger charge is 2.29. The van der Waals surface area contributed by atoms with Crippen molar-refractivity contribution in [1.82, 2.24) is 0 Å². The Morgan fingerprint density at radius 1 is 1.28 bits per heavy atom. The fourth-order valence-electron chi connectivity index (χ4n) is 2.58. The van der Waals surface area contributed by atoms with E-state index in [-0.39, 0.29) is 5.60 Å². The molecule has 100 valence electrons. The average Bonchev–Trinajstić information content (AvgIpc) is 2.34. The molecule has 1 aromatic carbocycles. The molecule has 1 N–H and O–H groups in total. The van der Waals surface area contributed by atoms with Gasteiger partial charge in [0.2, 0.25) is 0 Å². The number of rotatable bonds is 2. The second kappa shape index (κ2) is 4.76. The Balaban J connectivity index is 2.50. The molecule has 18 heavy (non-hydrogen) atoms. The summed E-state index contributed by atoms with van der Waals surface area (Å²) in [4.78, 5) is 0. The molecule has 0 bridgehead atoms. The number of hydrogen-bond donors (Lipinski definition) is 1. The van der Waals surface area contributed by atoms with Crippen LogP contribution in [-0.2, 0) is 6.42 Å². The molecule has 1 atom stereocenters. The first-order valence-corrected chi connectivity index (χ1v) is 7.43. The predicted octanol–water partition coefficient (Wildman–Crippen LogP) is 4.00. The van der Waals surface area contributed by atoms with Crippen LogP contribution < -0.4 is 4.74 Å². The SMILES string of the molecule is [CH2-]C1(CCBr)CCc2c(C)c(O)c(C)c(C)c2O1. The molecule has 0 fully saturated rings. The van der Waals surface area contributed by atoms with Crippen LogP contribution in [0.2, 0.25) is 0 Å². The Labute approximate surface area is 117 Å². The minimum Gasteiger partial charge on any atom is -0.518 e. The maximum Gasteiger partial charge on any atom is 0.122 e. The summed E-state index contributed by atoms with van der Waals surface area (Å²) in [6.07, 6.45) is 2.71. The minimum atomic E-state index is -0.336. The number of halogens is 1. The van der Waals surface area contributed by atoms with Gasteiger partial charge in [-0.1, -0.05) is 15.9 Å². The molecule has 0 radical (unpaired) electrons. The molecule has 1 unspecified atom stereocenters. The number of benzene rings is 1. The summed E-state index contributed by atoms with van der Waals surface area (Å²) in [6, 6.07) is 0. The lowest BCUT2D eigenvalue weighted by Crippen LogP contribution is -2.37. The third kappa shape index (κ3) is 2.13. The van der Waals surface area contributed by atoms with Crippen LogP contribution in [0.15, 0.2) is 0 Å². The van der Waals surface area contributed by atoms with Gasteiger partial charge in [0.15, 0.2) is 0 Å². The van der Waals surface area contributed by atoms with Crippen molar-refractivity contribution in [3.63, 3.8) is 0 Å². The first-order valence-electron chi connectivity index (χ1n) is 6.31. The molecule has 0 saturated carbocycles. The van der Waals surface area contributed by atoms with Gasteiger partial charge in [-0.2, -0.15) is 0 Å². The molecular weight excluding hydrogens is 292 g/mol. The first kappa shape index (κ1) is 13.7. The lowest BCUT2D eigenvalue weighted by Gasteiger charge is -2.43. The zero-order valence-corrected chi connectivity index (χ0v) is 12.9. The number of phenols is 1. The summed E-state index contributed by atoms with van der Waals surface area (Å²) in [5.41, 5.74) is 3.71. The second-order valence-electron chi connectivity index (χ2n) is 5.26. The largest absolute Gasteiger partial charge is 0.518 e. The summed E-state index contributed by atoms with van der Waals surface area (Å²) in [7, 11) is 0. The Hall–Kier alpha value is -0.700. The van der Waals surface area contributed by atoms with Crippen LogP contribution in [0.25, 0.3) is 0 Å². The Morgan fingerprint density at radius 2 is 1.94 bits per heavy atom. The molecule has 1 aliphatic rings. The van der Waals surface area contributed by atoms with Crippen molar-refractivity contribution in [3.8, 4) is 11.5 Å². The van der Waals surface area contributed by atoms with E-state index >= 15 is 0 Å². The zero-order valence-electron chi connectivity index (χ0n) is 11.3. The van der Waals surface area contributed by atoms with E-state index in [0.717, 1.165) is 52.6 Å². The van der Waals surface area contributed by atoms with E-state index < -0.39 is 0 Å². The van der Waals surface area contributed by atoms with Gasteiger partial charge in [0, 0.05) is 10.9 Å². The predicted molar refractivity (Wildman–Crippen MR) is 77.8 cm³/mol. The van der Waals surface area contributed by atoms with Crippen molar-refractivity contribution in [2.24, 2.45) is 0 Å². The lowest BCUT2D eigenvalue weighted by atomic mass is 9.86. The van der Waals surface area contributed by atoms with Crippen LogP contribution in [0.1, 0.15) is 35.1 Å². The monoisotopic (exact) mass is 311 g/mol. The average molecular weight is 312 g/mol. The van der Waals surface area contributed by atoms with Crippen molar-refractivity contribution in [1.29, 1.82) is 0 Å². The molecule has 1 aromatic rings. The molecule has 1 aliphatic heterocycles. The molecule has 0 aromatic heterocycles. The quantitative estimate of drug-likeness (QED) is 0.661. The van der Waals surface area contributed by atoms with Gasteiger partial charge < -0.3 is 9.84 Å². The molecule has 1 heterocycles. The second-order valence-corrected chi connectivity index (χ2v) is 6.05. The summed E-state index contributed by atoms with van der Waals surface area (Å²) in [6.45, 7) is 10.1. The Bertz CT molecular complexity index is 482. The molecule has 0 amide bonds. The highest BCUT2D eigenvalue weighted by molar-refractivity contribution is 9.09. The lowest BCUT2D eigenvalue weighted by molar-refractivity contribution is 0.0877. The third-order valence-electron chi connectivity index (χ3n) is 4.04. The van der Waals surface area contributed by atoms with E-state index in [9.17, 15) is 5.11 Å². The minimum absolute atomic E-state index is 0.336. The van der Waals surface area contributed by atoms with E-state index in [1.807, 2.05) is 20.8 Å². The van der Waals surface area contributed by atoms with E-state index in [2.05, 4.69) is 22.9 Å². The maximum atomic E-state index is 10.1. The molecule has 3 heteroatoms. The molecule has 0 spiro atoms. The van der Waals surface area contributed by atoms with Gasteiger partial charge >= 0.3 is 0 Å². The van der Waals surface area contributed by atoms with Gasteiger partial charge in [-0.15, -0.1) is 0 Å². The molecule has 0 aliphatic carbocycles. The number of ether oxygens (including phenoxy) is 1. The molecular formula is C15H20BrO2-. The number of phenolic OH excluding ortho intramolecular Hbond substituents is 1. The topological polar surface area (TPSA) is 29.5 Å². The summed E-state index contributed by atoms with van der Waals surface area (Å²) < 4.78 is 6.16. The number of alkyl halides is 1. The van der Waals surface area contributed by atoms with Crippen LogP contribution >= 0.6 is 15.9 Å². The normalized spacial score (nSPS) is 22.5. The first-order chi connectivity index (χ1) is 8.39. The summed E-state index contributed by atoms with van der Waals surface area (Å²) in [5.74, 6) is 1.34. The van der Waals surface area contributed by atoms with Crippen molar-refractivity contribution in [2.75, 3.05) is 5.33 Å². The summed E-state index contributed by atoms with van der Waals surface area (Å²) in [5, 5.41) is 11.0. The van der Waals surface area contributed by atoms with Crippen molar-refractivity contribution >= 4 is 15.9 Å². The Kier molecular flexibility index (Phi) is 3.63. The highest BCUT2D eigenvalue weighted by Crippen LogP contribution is 2.43. The van der Waals surface area contributed by atoms with Crippen molar-refractivity contribution < 1.29 is 9.84 Å². The van der Waals surface area contributed by atoms with E-state index in [4.69, 9.17) is 4.74 Å². The van der Waals surface area contributed by atoms with Gasteiger partial charge in [0.05, 0.1) is 0 Å². The van der Waals surface area contributed by atoms with E-state index in [1.54, 1.807) is 0 Å².